The fraction of sp³-hybridized carbons (Fsp3) is 0.500. The molecule has 1 aromatic rings. The van der Waals surface area contributed by atoms with E-state index in [1.54, 1.807) is 6.92 Å². The second-order valence-electron chi connectivity index (χ2n) is 6.00. The van der Waals surface area contributed by atoms with Crippen LogP contribution in [0.4, 0.5) is 5.69 Å². The number of rotatable bonds is 5. The van der Waals surface area contributed by atoms with Gasteiger partial charge in [-0.25, -0.2) is 13.2 Å². The Hall–Kier alpha value is -1.64. The van der Waals surface area contributed by atoms with Crippen LogP contribution in [0, 0.1) is 5.92 Å². The highest BCUT2D eigenvalue weighted by atomic mass is 35.5. The van der Waals surface area contributed by atoms with Crippen molar-refractivity contribution in [3.63, 3.8) is 0 Å². The normalized spacial score (nSPS) is 19.8. The highest BCUT2D eigenvalue weighted by Crippen LogP contribution is 2.26. The number of nitrogens with two attached hydrogens (primary N) is 1. The van der Waals surface area contributed by atoms with Crippen molar-refractivity contribution in [2.45, 2.75) is 37.1 Å². The van der Waals surface area contributed by atoms with E-state index in [4.69, 9.17) is 10.5 Å². The Morgan fingerprint density at radius 2 is 1.96 bits per heavy atom. The predicted molar refractivity (Wildman–Crippen MR) is 96.7 cm³/mol. The number of esters is 1. The van der Waals surface area contributed by atoms with Gasteiger partial charge in [-0.3, -0.25) is 4.79 Å². The Balaban J connectivity index is 0.00000312. The molecule has 1 amide bonds. The molecule has 3 N–H and O–H groups in total. The van der Waals surface area contributed by atoms with Crippen molar-refractivity contribution in [2.24, 2.45) is 11.7 Å². The summed E-state index contributed by atoms with van der Waals surface area (Å²) >= 11 is 0. The average molecular weight is 391 g/mol. The second kappa shape index (κ2) is 8.64. The van der Waals surface area contributed by atoms with Gasteiger partial charge >= 0.3 is 5.97 Å². The van der Waals surface area contributed by atoms with Gasteiger partial charge in [0, 0.05) is 23.9 Å². The molecule has 0 aliphatic heterocycles. The number of anilines is 1. The molecule has 0 aromatic heterocycles. The molecule has 1 aromatic carbocycles. The third kappa shape index (κ3) is 5.69. The molecule has 1 fully saturated rings. The summed E-state index contributed by atoms with van der Waals surface area (Å²) in [6, 6.07) is 4.01. The SMILES string of the molecule is CCOC(=O)c1cc(NC(=O)C2CCC(N)C2)cc(S(C)(=O)=O)c1.Cl. The Labute approximate surface area is 153 Å². The maximum absolute atomic E-state index is 12.3. The first-order valence-electron chi connectivity index (χ1n) is 7.79. The minimum absolute atomic E-state index is 0. The maximum atomic E-state index is 12.3. The van der Waals surface area contributed by atoms with Crippen LogP contribution in [0.5, 0.6) is 0 Å². The maximum Gasteiger partial charge on any atom is 0.338 e. The van der Waals surface area contributed by atoms with E-state index in [9.17, 15) is 18.0 Å². The lowest BCUT2D eigenvalue weighted by atomic mass is 10.1. The lowest BCUT2D eigenvalue weighted by molar-refractivity contribution is -0.119. The van der Waals surface area contributed by atoms with Crippen molar-refractivity contribution >= 4 is 39.8 Å². The van der Waals surface area contributed by atoms with Gasteiger partial charge in [-0.15, -0.1) is 12.4 Å². The molecule has 25 heavy (non-hydrogen) atoms. The highest BCUT2D eigenvalue weighted by Gasteiger charge is 2.28. The molecule has 0 bridgehead atoms. The number of hydrogen-bond acceptors (Lipinski definition) is 6. The third-order valence-corrected chi connectivity index (χ3v) is 5.05. The van der Waals surface area contributed by atoms with E-state index in [0.29, 0.717) is 12.8 Å². The largest absolute Gasteiger partial charge is 0.462 e. The molecule has 2 rings (SSSR count). The van der Waals surface area contributed by atoms with Gasteiger partial charge < -0.3 is 15.8 Å². The molecule has 0 saturated heterocycles. The molecule has 140 valence electrons. The minimum atomic E-state index is -3.54. The zero-order valence-corrected chi connectivity index (χ0v) is 15.8. The summed E-state index contributed by atoms with van der Waals surface area (Å²) < 4.78 is 28.5. The number of amides is 1. The first-order chi connectivity index (χ1) is 11.2. The zero-order valence-electron chi connectivity index (χ0n) is 14.2. The van der Waals surface area contributed by atoms with Crippen molar-refractivity contribution < 1.29 is 22.7 Å². The second-order valence-corrected chi connectivity index (χ2v) is 8.01. The fourth-order valence-electron chi connectivity index (χ4n) is 2.72. The molecule has 9 heteroatoms. The monoisotopic (exact) mass is 390 g/mol. The summed E-state index contributed by atoms with van der Waals surface area (Å²) in [5.74, 6) is -1.06. The number of ether oxygens (including phenoxy) is 1. The van der Waals surface area contributed by atoms with E-state index in [1.165, 1.54) is 18.2 Å². The number of nitrogens with one attached hydrogen (secondary N) is 1. The highest BCUT2D eigenvalue weighted by molar-refractivity contribution is 7.90. The molecule has 2 unspecified atom stereocenters. The van der Waals surface area contributed by atoms with Crippen LogP contribution in [0.1, 0.15) is 36.5 Å². The number of carbonyl (C=O) groups is 2. The van der Waals surface area contributed by atoms with Gasteiger partial charge in [-0.05, 0) is 44.4 Å². The summed E-state index contributed by atoms with van der Waals surface area (Å²) in [4.78, 5) is 24.2. The molecular weight excluding hydrogens is 368 g/mol. The summed E-state index contributed by atoms with van der Waals surface area (Å²) in [5, 5.41) is 2.69. The first kappa shape index (κ1) is 21.4. The van der Waals surface area contributed by atoms with E-state index in [0.717, 1.165) is 12.7 Å². The van der Waals surface area contributed by atoms with Crippen LogP contribution in [0.2, 0.25) is 0 Å². The van der Waals surface area contributed by atoms with Crippen LogP contribution in [0.15, 0.2) is 23.1 Å². The fourth-order valence-corrected chi connectivity index (χ4v) is 3.40. The van der Waals surface area contributed by atoms with Gasteiger partial charge in [0.25, 0.3) is 0 Å². The van der Waals surface area contributed by atoms with Crippen molar-refractivity contribution in [1.82, 2.24) is 0 Å². The van der Waals surface area contributed by atoms with Crippen LogP contribution >= 0.6 is 12.4 Å². The summed E-state index contributed by atoms with van der Waals surface area (Å²) in [5.41, 5.74) is 6.15. The summed E-state index contributed by atoms with van der Waals surface area (Å²) in [7, 11) is -3.54. The van der Waals surface area contributed by atoms with Crippen molar-refractivity contribution in [2.75, 3.05) is 18.2 Å². The van der Waals surface area contributed by atoms with Gasteiger partial charge in [0.05, 0.1) is 17.1 Å². The molecule has 1 aliphatic rings. The van der Waals surface area contributed by atoms with Gasteiger partial charge in [0.1, 0.15) is 0 Å². The van der Waals surface area contributed by atoms with Crippen LogP contribution in [-0.4, -0.2) is 39.2 Å². The summed E-state index contributed by atoms with van der Waals surface area (Å²) in [6.07, 6.45) is 3.13. The van der Waals surface area contributed by atoms with Gasteiger partial charge in [0.2, 0.25) is 5.91 Å². The molecule has 1 saturated carbocycles. The topological polar surface area (TPSA) is 116 Å². The smallest absolute Gasteiger partial charge is 0.338 e. The molecular formula is C16H23ClN2O5S. The van der Waals surface area contributed by atoms with Crippen LogP contribution in [0.25, 0.3) is 0 Å². The van der Waals surface area contributed by atoms with E-state index in [1.807, 2.05) is 0 Å². The number of halogens is 1. The third-order valence-electron chi connectivity index (χ3n) is 3.96. The van der Waals surface area contributed by atoms with Crippen molar-refractivity contribution in [1.29, 1.82) is 0 Å². The minimum Gasteiger partial charge on any atom is -0.462 e. The van der Waals surface area contributed by atoms with Crippen LogP contribution in [0.3, 0.4) is 0 Å². The number of sulfone groups is 1. The Morgan fingerprint density at radius 1 is 1.28 bits per heavy atom. The molecule has 0 spiro atoms. The lowest BCUT2D eigenvalue weighted by Crippen LogP contribution is -2.23. The molecule has 0 heterocycles. The Morgan fingerprint density at radius 3 is 2.48 bits per heavy atom. The molecule has 0 radical (unpaired) electrons. The van der Waals surface area contributed by atoms with Crippen molar-refractivity contribution in [3.05, 3.63) is 23.8 Å². The standard InChI is InChI=1S/C16H22N2O5S.ClH/c1-3-23-16(20)11-7-13(9-14(8-11)24(2,21)22)18-15(19)10-4-5-12(17)6-10;/h7-10,12H,3-6,17H2,1-2H3,(H,18,19);1H. The number of carbonyl (C=O) groups excluding carboxylic acids is 2. The molecule has 7 nitrogen and oxygen atoms in total. The Bertz CT molecular complexity index is 751. The predicted octanol–water partition coefficient (Wildman–Crippen LogP) is 1.75. The molecule has 1 aliphatic carbocycles. The lowest BCUT2D eigenvalue weighted by Gasteiger charge is -2.13. The Kier molecular flexibility index (Phi) is 7.40. The van der Waals surface area contributed by atoms with Gasteiger partial charge in [0.15, 0.2) is 9.84 Å². The molecule has 2 atom stereocenters. The van der Waals surface area contributed by atoms with E-state index in [2.05, 4.69) is 5.32 Å². The average Bonchev–Trinajstić information content (AvgIpc) is 2.93. The summed E-state index contributed by atoms with van der Waals surface area (Å²) in [6.45, 7) is 1.83. The van der Waals surface area contributed by atoms with E-state index >= 15 is 0 Å². The quantitative estimate of drug-likeness (QED) is 0.740. The first-order valence-corrected chi connectivity index (χ1v) is 9.68. The van der Waals surface area contributed by atoms with Gasteiger partial charge in [-0.1, -0.05) is 0 Å². The van der Waals surface area contributed by atoms with Crippen LogP contribution in [-0.2, 0) is 19.4 Å². The van der Waals surface area contributed by atoms with E-state index < -0.39 is 15.8 Å². The van der Waals surface area contributed by atoms with Gasteiger partial charge in [-0.2, -0.15) is 0 Å². The number of benzene rings is 1. The van der Waals surface area contributed by atoms with Crippen LogP contribution < -0.4 is 11.1 Å². The zero-order chi connectivity index (χ0) is 17.9. The van der Waals surface area contributed by atoms with Crippen molar-refractivity contribution in [3.8, 4) is 0 Å². The van der Waals surface area contributed by atoms with E-state index in [-0.39, 0.29) is 53.0 Å². The number of hydrogen-bond donors (Lipinski definition) is 2.